The van der Waals surface area contributed by atoms with Crippen molar-refractivity contribution in [3.8, 4) is 17.6 Å². The van der Waals surface area contributed by atoms with Crippen LogP contribution in [0.4, 0.5) is 11.5 Å². The van der Waals surface area contributed by atoms with Crippen molar-refractivity contribution < 1.29 is 9.47 Å². The molecule has 4 rings (SSSR count). The van der Waals surface area contributed by atoms with E-state index < -0.39 is 0 Å². The molecule has 1 N–H and O–H groups in total. The summed E-state index contributed by atoms with van der Waals surface area (Å²) in [5, 5.41) is 12.8. The van der Waals surface area contributed by atoms with Crippen LogP contribution in [0.2, 0.25) is 5.02 Å². The number of benzene rings is 2. The average molecular weight is 434 g/mol. The van der Waals surface area contributed by atoms with Gasteiger partial charge in [0.15, 0.2) is 5.82 Å². The van der Waals surface area contributed by atoms with Gasteiger partial charge in [-0.3, -0.25) is 0 Å². The lowest BCUT2D eigenvalue weighted by molar-refractivity contribution is 0.140. The second kappa shape index (κ2) is 9.47. The summed E-state index contributed by atoms with van der Waals surface area (Å²) < 4.78 is 13.4. The molecule has 2 aromatic carbocycles. The number of aromatic nitrogens is 3. The maximum Gasteiger partial charge on any atom is 0.158 e. The maximum absolute atomic E-state index is 9.04. The third-order valence-corrected chi connectivity index (χ3v) is 4.91. The van der Waals surface area contributed by atoms with Crippen molar-refractivity contribution in [2.45, 2.75) is 13.5 Å². The molecule has 2 aromatic heterocycles. The average Bonchev–Trinajstić information content (AvgIpc) is 3.20. The topological polar surface area (TPSA) is 85.0 Å². The van der Waals surface area contributed by atoms with Crippen LogP contribution in [0.25, 0.3) is 11.0 Å². The Kier molecular flexibility index (Phi) is 6.32. The molecule has 0 aliphatic rings. The van der Waals surface area contributed by atoms with Gasteiger partial charge in [0.25, 0.3) is 0 Å². The minimum Gasteiger partial charge on any atom is -0.456 e. The molecule has 0 unspecified atom stereocenters. The Morgan fingerprint density at radius 2 is 2.06 bits per heavy atom. The van der Waals surface area contributed by atoms with Crippen molar-refractivity contribution in [2.75, 3.05) is 18.5 Å². The summed E-state index contributed by atoms with van der Waals surface area (Å²) in [7, 11) is 0. The fourth-order valence-corrected chi connectivity index (χ4v) is 3.39. The van der Waals surface area contributed by atoms with E-state index >= 15 is 0 Å². The van der Waals surface area contributed by atoms with Crippen molar-refractivity contribution in [2.24, 2.45) is 0 Å². The van der Waals surface area contributed by atoms with Crippen LogP contribution in [0.1, 0.15) is 12.5 Å². The van der Waals surface area contributed by atoms with E-state index in [2.05, 4.69) is 25.9 Å². The highest BCUT2D eigenvalue weighted by Crippen LogP contribution is 2.33. The van der Waals surface area contributed by atoms with Crippen molar-refractivity contribution in [1.29, 1.82) is 5.26 Å². The fraction of sp³-hybridized carbons (Fsp3) is 0.174. The number of nitrogens with zero attached hydrogens (tertiary/aromatic N) is 4. The number of fused-ring (bicyclic) bond motifs is 1. The Bertz CT molecular complexity index is 1250. The van der Waals surface area contributed by atoms with E-state index in [1.807, 2.05) is 25.3 Å². The Labute approximate surface area is 184 Å². The van der Waals surface area contributed by atoms with Gasteiger partial charge in [-0.2, -0.15) is 5.26 Å². The molecule has 0 radical (unpaired) electrons. The first-order valence-electron chi connectivity index (χ1n) is 9.80. The van der Waals surface area contributed by atoms with Crippen LogP contribution in [0, 0.1) is 11.3 Å². The Hall–Kier alpha value is -3.60. The second-order valence-corrected chi connectivity index (χ2v) is 7.08. The van der Waals surface area contributed by atoms with E-state index in [4.69, 9.17) is 26.3 Å². The number of hydrogen-bond donors (Lipinski definition) is 1. The van der Waals surface area contributed by atoms with Gasteiger partial charge in [-0.15, -0.1) is 0 Å². The maximum atomic E-state index is 9.04. The predicted molar refractivity (Wildman–Crippen MR) is 120 cm³/mol. The van der Waals surface area contributed by atoms with Crippen LogP contribution >= 0.6 is 11.6 Å². The molecule has 8 heteroatoms. The SMILES string of the molecule is CCOCCn1ccc2ncnc(Nc3ccc(Oc4cccc(C#N)c4)c(Cl)c3)c21. The second-order valence-electron chi connectivity index (χ2n) is 6.67. The van der Waals surface area contributed by atoms with Gasteiger partial charge in [0.1, 0.15) is 23.3 Å². The first-order chi connectivity index (χ1) is 15.2. The normalized spacial score (nSPS) is 10.7. The number of ether oxygens (including phenoxy) is 2. The molecular weight excluding hydrogens is 414 g/mol. The molecule has 0 fully saturated rings. The summed E-state index contributed by atoms with van der Waals surface area (Å²) in [4.78, 5) is 8.76. The quantitative estimate of drug-likeness (QED) is 0.368. The Morgan fingerprint density at radius 1 is 1.16 bits per heavy atom. The molecule has 2 heterocycles. The van der Waals surface area contributed by atoms with E-state index in [1.54, 1.807) is 36.4 Å². The molecular formula is C23H20ClN5O2. The highest BCUT2D eigenvalue weighted by atomic mass is 35.5. The standard InChI is InChI=1S/C23H20ClN5O2/c1-2-30-11-10-29-9-8-20-22(29)23(27-15-26-20)28-17-6-7-21(19(24)13-17)31-18-5-3-4-16(12-18)14-25/h3-9,12-13,15H,2,10-11H2,1H3,(H,26,27,28). The molecule has 0 saturated carbocycles. The number of hydrogen-bond acceptors (Lipinski definition) is 6. The van der Waals surface area contributed by atoms with Crippen molar-refractivity contribution in [3.05, 3.63) is 71.6 Å². The zero-order valence-electron chi connectivity index (χ0n) is 16.9. The van der Waals surface area contributed by atoms with Crippen LogP contribution in [-0.2, 0) is 11.3 Å². The highest BCUT2D eigenvalue weighted by Gasteiger charge is 2.11. The van der Waals surface area contributed by atoms with Gasteiger partial charge < -0.3 is 19.4 Å². The van der Waals surface area contributed by atoms with E-state index in [0.717, 1.165) is 16.7 Å². The summed E-state index contributed by atoms with van der Waals surface area (Å²) in [6, 6.07) is 16.4. The number of nitriles is 1. The van der Waals surface area contributed by atoms with Crippen LogP contribution < -0.4 is 10.1 Å². The molecule has 4 aromatic rings. The van der Waals surface area contributed by atoms with Crippen LogP contribution in [0.5, 0.6) is 11.5 Å². The molecule has 0 aliphatic heterocycles. The molecule has 7 nitrogen and oxygen atoms in total. The number of rotatable bonds is 8. The first kappa shape index (κ1) is 20.7. The Morgan fingerprint density at radius 3 is 2.87 bits per heavy atom. The first-order valence-corrected chi connectivity index (χ1v) is 10.2. The summed E-state index contributed by atoms with van der Waals surface area (Å²) in [5.74, 6) is 1.72. The van der Waals surface area contributed by atoms with E-state index in [9.17, 15) is 0 Å². The Balaban J connectivity index is 1.56. The minimum atomic E-state index is 0.435. The lowest BCUT2D eigenvalue weighted by atomic mass is 10.2. The van der Waals surface area contributed by atoms with Crippen molar-refractivity contribution >= 4 is 34.1 Å². The molecule has 156 valence electrons. The number of halogens is 1. The summed E-state index contributed by atoms with van der Waals surface area (Å²) in [6.07, 6.45) is 3.50. The fourth-order valence-electron chi connectivity index (χ4n) is 3.17. The van der Waals surface area contributed by atoms with E-state index in [0.29, 0.717) is 47.7 Å². The lowest BCUT2D eigenvalue weighted by Gasteiger charge is -2.12. The van der Waals surface area contributed by atoms with Crippen molar-refractivity contribution in [3.63, 3.8) is 0 Å². The van der Waals surface area contributed by atoms with Crippen LogP contribution in [-0.4, -0.2) is 27.7 Å². The van der Waals surface area contributed by atoms with Crippen LogP contribution in [0.3, 0.4) is 0 Å². The summed E-state index contributed by atoms with van der Waals surface area (Å²) >= 11 is 6.45. The smallest absolute Gasteiger partial charge is 0.158 e. The van der Waals surface area contributed by atoms with E-state index in [-0.39, 0.29) is 0 Å². The summed E-state index contributed by atoms with van der Waals surface area (Å²) in [5.41, 5.74) is 3.03. The third-order valence-electron chi connectivity index (χ3n) is 4.62. The van der Waals surface area contributed by atoms with Gasteiger partial charge in [-0.05, 0) is 49.4 Å². The zero-order chi connectivity index (χ0) is 21.6. The van der Waals surface area contributed by atoms with Crippen LogP contribution in [0.15, 0.2) is 61.1 Å². The molecule has 0 saturated heterocycles. The van der Waals surface area contributed by atoms with Gasteiger partial charge >= 0.3 is 0 Å². The molecule has 0 bridgehead atoms. The predicted octanol–water partition coefficient (Wildman–Crippen LogP) is 5.53. The molecule has 0 aliphatic carbocycles. The van der Waals surface area contributed by atoms with Gasteiger partial charge in [0.2, 0.25) is 0 Å². The third kappa shape index (κ3) is 4.77. The molecule has 31 heavy (non-hydrogen) atoms. The summed E-state index contributed by atoms with van der Waals surface area (Å²) in [6.45, 7) is 3.96. The van der Waals surface area contributed by atoms with Gasteiger partial charge in [0.05, 0.1) is 28.8 Å². The lowest BCUT2D eigenvalue weighted by Crippen LogP contribution is -2.06. The van der Waals surface area contributed by atoms with Gasteiger partial charge in [-0.1, -0.05) is 17.7 Å². The largest absolute Gasteiger partial charge is 0.456 e. The monoisotopic (exact) mass is 433 g/mol. The van der Waals surface area contributed by atoms with Crippen molar-refractivity contribution in [1.82, 2.24) is 14.5 Å². The molecule has 0 spiro atoms. The zero-order valence-corrected chi connectivity index (χ0v) is 17.6. The molecule has 0 amide bonds. The number of anilines is 2. The van der Waals surface area contributed by atoms with E-state index in [1.165, 1.54) is 6.33 Å². The minimum absolute atomic E-state index is 0.435. The molecule has 0 atom stereocenters. The number of nitrogens with one attached hydrogen (secondary N) is 1. The van der Waals surface area contributed by atoms with Gasteiger partial charge in [0, 0.05) is 25.0 Å². The van der Waals surface area contributed by atoms with Gasteiger partial charge in [-0.25, -0.2) is 9.97 Å². The highest BCUT2D eigenvalue weighted by molar-refractivity contribution is 6.32.